The average Bonchev–Trinajstić information content (AvgIpc) is 3.38. The lowest BCUT2D eigenvalue weighted by atomic mass is 10.0. The Morgan fingerprint density at radius 1 is 0.714 bits per heavy atom. The number of rotatable bonds is 11. The van der Waals surface area contributed by atoms with Gasteiger partial charge in [-0.1, -0.05) is 93.5 Å². The van der Waals surface area contributed by atoms with Crippen molar-refractivity contribution in [3.8, 4) is 0 Å². The Balaban J connectivity index is 1.56. The molecular weight excluding hydrogens is 440 g/mol. The first-order chi connectivity index (χ1) is 16.7. The summed E-state index contributed by atoms with van der Waals surface area (Å²) in [7, 11) is -1.73. The predicted octanol–water partition coefficient (Wildman–Crippen LogP) is 9.70. The maximum absolute atomic E-state index is 5.97. The lowest BCUT2D eigenvalue weighted by Crippen LogP contribution is -2.39. The molecule has 0 bridgehead atoms. The maximum atomic E-state index is 5.97. The van der Waals surface area contributed by atoms with E-state index in [1.807, 2.05) is 0 Å². The first-order valence-corrected chi connectivity index (χ1v) is 17.1. The summed E-state index contributed by atoms with van der Waals surface area (Å²) in [5.41, 5.74) is 10.5. The van der Waals surface area contributed by atoms with E-state index in [0.29, 0.717) is 11.1 Å². The summed E-state index contributed by atoms with van der Waals surface area (Å²) >= 11 is 0. The van der Waals surface area contributed by atoms with Crippen molar-refractivity contribution in [3.05, 3.63) is 82.9 Å². The Morgan fingerprint density at radius 3 is 1.69 bits per heavy atom. The molecule has 35 heavy (non-hydrogen) atoms. The first kappa shape index (κ1) is 26.2. The third kappa shape index (κ3) is 5.92. The fraction of sp³-hybridized carbons (Fsp3) is 0.515. The van der Waals surface area contributed by atoms with Crippen LogP contribution in [0.5, 0.6) is 0 Å². The number of ether oxygens (including phenoxy) is 1. The summed E-state index contributed by atoms with van der Waals surface area (Å²) in [6.45, 7) is 14.9. The number of fused-ring (bicyclic) bond motifs is 2. The summed E-state index contributed by atoms with van der Waals surface area (Å²) in [6, 6.07) is 18.5. The van der Waals surface area contributed by atoms with Crippen LogP contribution < -0.4 is 0 Å². The van der Waals surface area contributed by atoms with Crippen LogP contribution in [0.4, 0.5) is 0 Å². The Bertz CT molecular complexity index is 1070. The molecule has 0 aliphatic heterocycles. The molecule has 0 radical (unpaired) electrons. The zero-order valence-electron chi connectivity index (χ0n) is 23.0. The lowest BCUT2D eigenvalue weighted by molar-refractivity contribution is -0.00442. The zero-order chi connectivity index (χ0) is 25.1. The van der Waals surface area contributed by atoms with Crippen molar-refractivity contribution in [2.24, 2.45) is 0 Å². The number of allylic oxidation sites excluding steroid dienone is 4. The topological polar surface area (TPSA) is 9.23 Å². The van der Waals surface area contributed by atoms with Crippen LogP contribution in [-0.2, 0) is 4.74 Å². The van der Waals surface area contributed by atoms with Crippen molar-refractivity contribution in [1.82, 2.24) is 0 Å². The molecule has 2 aromatic rings. The Labute approximate surface area is 215 Å². The van der Waals surface area contributed by atoms with Gasteiger partial charge in [0.05, 0.1) is 13.7 Å². The highest BCUT2D eigenvalue weighted by atomic mass is 28.3. The molecule has 0 amide bonds. The fourth-order valence-electron chi connectivity index (χ4n) is 6.10. The second kappa shape index (κ2) is 11.0. The van der Waals surface area contributed by atoms with E-state index >= 15 is 0 Å². The van der Waals surface area contributed by atoms with Gasteiger partial charge in [-0.25, -0.2) is 0 Å². The molecule has 2 heteroatoms. The molecule has 2 aliphatic rings. The summed E-state index contributed by atoms with van der Waals surface area (Å²) in [5, 5.41) is 0. The molecule has 4 rings (SSSR count). The Kier molecular flexibility index (Phi) is 8.23. The Hall–Kier alpha value is -1.90. The van der Waals surface area contributed by atoms with E-state index in [4.69, 9.17) is 4.74 Å². The SMILES string of the molecule is CCCCCC1=CC([Si](C)(C)C2C=C(CCCCOC(C)(C)C)c3ccccc32)c2ccccc21. The monoisotopic (exact) mass is 486 g/mol. The van der Waals surface area contributed by atoms with Gasteiger partial charge in [0.1, 0.15) is 0 Å². The highest BCUT2D eigenvalue weighted by Crippen LogP contribution is 2.51. The van der Waals surface area contributed by atoms with Crippen LogP contribution in [0.1, 0.15) is 106 Å². The van der Waals surface area contributed by atoms with Crippen molar-refractivity contribution >= 4 is 19.2 Å². The zero-order valence-corrected chi connectivity index (χ0v) is 24.0. The third-order valence-corrected chi connectivity index (χ3v) is 12.2. The molecular formula is C33H46OSi. The minimum absolute atomic E-state index is 0.0412. The average molecular weight is 487 g/mol. The molecule has 2 aromatic carbocycles. The molecule has 188 valence electrons. The van der Waals surface area contributed by atoms with Gasteiger partial charge in [0.15, 0.2) is 0 Å². The van der Waals surface area contributed by atoms with E-state index < -0.39 is 8.07 Å². The van der Waals surface area contributed by atoms with E-state index in [0.717, 1.165) is 19.4 Å². The van der Waals surface area contributed by atoms with Gasteiger partial charge in [0.25, 0.3) is 0 Å². The molecule has 1 nitrogen and oxygen atoms in total. The van der Waals surface area contributed by atoms with E-state index in [-0.39, 0.29) is 5.60 Å². The fourth-order valence-corrected chi connectivity index (χ4v) is 9.86. The molecule has 0 heterocycles. The third-order valence-electron chi connectivity index (χ3n) is 8.05. The molecule has 0 saturated heterocycles. The van der Waals surface area contributed by atoms with Crippen LogP contribution in [0.2, 0.25) is 13.1 Å². The summed E-state index contributed by atoms with van der Waals surface area (Å²) < 4.78 is 5.97. The minimum Gasteiger partial charge on any atom is -0.376 e. The molecule has 0 saturated carbocycles. The van der Waals surface area contributed by atoms with Crippen LogP contribution in [0, 0.1) is 0 Å². The van der Waals surface area contributed by atoms with Crippen molar-refractivity contribution in [2.45, 2.75) is 102 Å². The minimum atomic E-state index is -1.73. The molecule has 2 atom stereocenters. The van der Waals surface area contributed by atoms with Crippen molar-refractivity contribution in [2.75, 3.05) is 6.61 Å². The smallest absolute Gasteiger partial charge is 0.0715 e. The number of hydrogen-bond acceptors (Lipinski definition) is 1. The number of hydrogen-bond donors (Lipinski definition) is 0. The van der Waals surface area contributed by atoms with Gasteiger partial charge < -0.3 is 4.74 Å². The van der Waals surface area contributed by atoms with Crippen molar-refractivity contribution in [3.63, 3.8) is 0 Å². The van der Waals surface area contributed by atoms with Gasteiger partial charge in [-0.3, -0.25) is 0 Å². The summed E-state index contributed by atoms with van der Waals surface area (Å²) in [4.78, 5) is 0. The van der Waals surface area contributed by atoms with E-state index in [1.54, 1.807) is 22.3 Å². The second-order valence-corrected chi connectivity index (χ2v) is 17.1. The molecule has 2 aliphatic carbocycles. The van der Waals surface area contributed by atoms with Gasteiger partial charge in [-0.2, -0.15) is 0 Å². The van der Waals surface area contributed by atoms with Gasteiger partial charge in [-0.05, 0) is 97.4 Å². The second-order valence-electron chi connectivity index (χ2n) is 12.2. The maximum Gasteiger partial charge on any atom is 0.0715 e. The van der Waals surface area contributed by atoms with Crippen LogP contribution in [0.3, 0.4) is 0 Å². The predicted molar refractivity (Wildman–Crippen MR) is 155 cm³/mol. The van der Waals surface area contributed by atoms with Gasteiger partial charge >= 0.3 is 0 Å². The summed E-state index contributed by atoms with van der Waals surface area (Å²) in [6.07, 6.45) is 14.0. The van der Waals surface area contributed by atoms with E-state index in [1.165, 1.54) is 43.2 Å². The van der Waals surface area contributed by atoms with Crippen LogP contribution in [-0.4, -0.2) is 20.3 Å². The highest BCUT2D eigenvalue weighted by Gasteiger charge is 2.44. The lowest BCUT2D eigenvalue weighted by Gasteiger charge is -2.35. The number of unbranched alkanes of at least 4 members (excludes halogenated alkanes) is 3. The standard InChI is InChI=1S/C33H46OSi/c1-7-8-9-16-25-23-31(29-20-12-10-18-27(25)29)35(5,6)32-24-26(28-19-11-13-21-30(28)32)17-14-15-22-34-33(2,3)4/h10-13,18-21,23-24,31-32H,7-9,14-17,22H2,1-6H3. The van der Waals surface area contributed by atoms with Gasteiger partial charge in [0.2, 0.25) is 0 Å². The molecule has 0 aromatic heterocycles. The van der Waals surface area contributed by atoms with Crippen LogP contribution >= 0.6 is 0 Å². The van der Waals surface area contributed by atoms with Crippen LogP contribution in [0.25, 0.3) is 11.1 Å². The molecule has 0 spiro atoms. The van der Waals surface area contributed by atoms with Gasteiger partial charge in [-0.15, -0.1) is 0 Å². The highest BCUT2D eigenvalue weighted by molar-refractivity contribution is 6.81. The Morgan fingerprint density at radius 2 is 1.20 bits per heavy atom. The molecule has 0 N–H and O–H groups in total. The normalized spacial score (nSPS) is 19.4. The quantitative estimate of drug-likeness (QED) is 0.227. The molecule has 0 fully saturated rings. The largest absolute Gasteiger partial charge is 0.376 e. The van der Waals surface area contributed by atoms with Crippen LogP contribution in [0.15, 0.2) is 60.7 Å². The molecule has 2 unspecified atom stereocenters. The van der Waals surface area contributed by atoms with Gasteiger partial charge in [0, 0.05) is 6.61 Å². The summed E-state index contributed by atoms with van der Waals surface area (Å²) in [5.74, 6) is 0. The number of benzene rings is 2. The van der Waals surface area contributed by atoms with E-state index in [9.17, 15) is 0 Å². The van der Waals surface area contributed by atoms with Crippen molar-refractivity contribution in [1.29, 1.82) is 0 Å². The van der Waals surface area contributed by atoms with E-state index in [2.05, 4.69) is 101 Å². The first-order valence-electron chi connectivity index (χ1n) is 14.0. The van der Waals surface area contributed by atoms with Crippen molar-refractivity contribution < 1.29 is 4.74 Å².